The number of rotatable bonds is 6. The van der Waals surface area contributed by atoms with Crippen molar-refractivity contribution in [2.45, 2.75) is 32.7 Å². The summed E-state index contributed by atoms with van der Waals surface area (Å²) in [5.41, 5.74) is 0. The minimum atomic E-state index is -0.931. The van der Waals surface area contributed by atoms with E-state index in [2.05, 4.69) is 10.3 Å². The van der Waals surface area contributed by atoms with Crippen molar-refractivity contribution in [3.63, 3.8) is 0 Å². The Morgan fingerprint density at radius 2 is 2.26 bits per heavy atom. The van der Waals surface area contributed by atoms with Gasteiger partial charge in [-0.15, -0.1) is 0 Å². The van der Waals surface area contributed by atoms with E-state index < -0.39 is 11.8 Å². The van der Waals surface area contributed by atoms with E-state index in [0.717, 1.165) is 6.42 Å². The third-order valence-electron chi connectivity index (χ3n) is 2.97. The van der Waals surface area contributed by atoms with Crippen molar-refractivity contribution in [1.82, 2.24) is 10.2 Å². The van der Waals surface area contributed by atoms with Gasteiger partial charge in [-0.25, -0.2) is 0 Å². The molecule has 1 rings (SSSR count). The average molecular weight is 285 g/mol. The van der Waals surface area contributed by atoms with Gasteiger partial charge in [0.15, 0.2) is 11.0 Å². The molecule has 0 spiro atoms. The summed E-state index contributed by atoms with van der Waals surface area (Å²) in [7, 11) is 0. The lowest BCUT2D eigenvalue weighted by molar-refractivity contribution is -0.139. The first-order valence-electron chi connectivity index (χ1n) is 6.31. The molecular weight excluding hydrogens is 266 g/mol. The van der Waals surface area contributed by atoms with Crippen LogP contribution < -0.4 is 5.32 Å². The van der Waals surface area contributed by atoms with Crippen molar-refractivity contribution in [2.75, 3.05) is 13.2 Å². The maximum atomic E-state index is 12.2. The second-order valence-electron chi connectivity index (χ2n) is 4.37. The number of nitrogens with zero attached hydrogens (tertiary/aromatic N) is 2. The minimum absolute atomic E-state index is 0.0330. The number of hydrogen-bond acceptors (Lipinski definition) is 5. The summed E-state index contributed by atoms with van der Waals surface area (Å²) in [5.74, 6) is -1.71. The molecule has 1 heterocycles. The highest BCUT2D eigenvalue weighted by atomic mass is 32.1. The number of hydrogen-bond donors (Lipinski definition) is 2. The van der Waals surface area contributed by atoms with Gasteiger partial charge in [-0.2, -0.15) is 0 Å². The quantitative estimate of drug-likeness (QED) is 0.314. The molecule has 7 heteroatoms. The molecule has 1 fully saturated rings. The monoisotopic (exact) mass is 285 g/mol. The standard InChI is InChI=1S/C12H19N3O3S/c1-3-8(2)15-11(18)9(7-13-5-4-6-16)10(17)14-12(15)19/h7-9,16H,3-6H2,1-2H3,(H,14,17,19)/t8-,9+/m0/s1. The third kappa shape index (κ3) is 3.81. The average Bonchev–Trinajstić information content (AvgIpc) is 2.37. The molecule has 1 aliphatic rings. The van der Waals surface area contributed by atoms with E-state index in [1.807, 2.05) is 13.8 Å². The highest BCUT2D eigenvalue weighted by Crippen LogP contribution is 2.14. The molecule has 0 aromatic heterocycles. The molecule has 0 aromatic carbocycles. The fourth-order valence-corrected chi connectivity index (χ4v) is 2.05. The number of aliphatic hydroxyl groups excluding tert-OH is 1. The third-order valence-corrected chi connectivity index (χ3v) is 3.27. The van der Waals surface area contributed by atoms with Crippen LogP contribution >= 0.6 is 12.2 Å². The summed E-state index contributed by atoms with van der Waals surface area (Å²) in [5, 5.41) is 11.3. The predicted molar refractivity (Wildman–Crippen MR) is 75.9 cm³/mol. The summed E-state index contributed by atoms with van der Waals surface area (Å²) >= 11 is 5.03. The Kier molecular flexibility index (Phi) is 6.04. The summed E-state index contributed by atoms with van der Waals surface area (Å²) in [6.07, 6.45) is 2.59. The molecule has 0 unspecified atom stereocenters. The first-order chi connectivity index (χ1) is 9.02. The van der Waals surface area contributed by atoms with Crippen molar-refractivity contribution < 1.29 is 14.7 Å². The highest BCUT2D eigenvalue weighted by Gasteiger charge is 2.39. The van der Waals surface area contributed by atoms with Crippen LogP contribution in [0.15, 0.2) is 4.99 Å². The van der Waals surface area contributed by atoms with Crippen LogP contribution in [0, 0.1) is 5.92 Å². The lowest BCUT2D eigenvalue weighted by Gasteiger charge is -2.34. The molecule has 2 N–H and O–H groups in total. The van der Waals surface area contributed by atoms with Crippen molar-refractivity contribution in [3.05, 3.63) is 0 Å². The van der Waals surface area contributed by atoms with Gasteiger partial charge in [0.25, 0.3) is 0 Å². The lowest BCUT2D eigenvalue weighted by atomic mass is 10.0. The van der Waals surface area contributed by atoms with Crippen LogP contribution in [0.3, 0.4) is 0 Å². The number of aliphatic imine (C=N–C) groups is 1. The molecule has 2 amide bonds. The van der Waals surface area contributed by atoms with Crippen molar-refractivity contribution in [3.8, 4) is 0 Å². The maximum absolute atomic E-state index is 12.2. The van der Waals surface area contributed by atoms with E-state index in [0.29, 0.717) is 13.0 Å². The maximum Gasteiger partial charge on any atom is 0.247 e. The van der Waals surface area contributed by atoms with E-state index in [-0.39, 0.29) is 23.7 Å². The number of amides is 2. The first kappa shape index (κ1) is 15.7. The Bertz CT molecular complexity index is 398. The Morgan fingerprint density at radius 1 is 1.58 bits per heavy atom. The van der Waals surface area contributed by atoms with Crippen LogP contribution in [-0.4, -0.2) is 52.3 Å². The highest BCUT2D eigenvalue weighted by molar-refractivity contribution is 7.80. The van der Waals surface area contributed by atoms with Gasteiger partial charge in [0.2, 0.25) is 11.8 Å². The van der Waals surface area contributed by atoms with Crippen LogP contribution in [0.5, 0.6) is 0 Å². The molecule has 19 heavy (non-hydrogen) atoms. The fraction of sp³-hybridized carbons (Fsp3) is 0.667. The zero-order chi connectivity index (χ0) is 14.4. The van der Waals surface area contributed by atoms with Crippen LogP contribution in [0.25, 0.3) is 0 Å². The Hall–Kier alpha value is -1.34. The van der Waals surface area contributed by atoms with Crippen LogP contribution in [0.2, 0.25) is 0 Å². The summed E-state index contributed by atoms with van der Waals surface area (Å²) in [4.78, 5) is 29.4. The fourth-order valence-electron chi connectivity index (χ4n) is 1.68. The smallest absolute Gasteiger partial charge is 0.247 e. The van der Waals surface area contributed by atoms with E-state index in [9.17, 15) is 9.59 Å². The molecule has 0 aliphatic carbocycles. The van der Waals surface area contributed by atoms with Gasteiger partial charge in [-0.3, -0.25) is 19.5 Å². The number of nitrogens with one attached hydrogen (secondary N) is 1. The minimum Gasteiger partial charge on any atom is -0.396 e. The van der Waals surface area contributed by atoms with Gasteiger partial charge in [0.05, 0.1) is 0 Å². The van der Waals surface area contributed by atoms with Crippen LogP contribution in [-0.2, 0) is 9.59 Å². The topological polar surface area (TPSA) is 82.0 Å². The molecule has 1 aliphatic heterocycles. The van der Waals surface area contributed by atoms with E-state index in [1.54, 1.807) is 0 Å². The Morgan fingerprint density at radius 3 is 2.84 bits per heavy atom. The van der Waals surface area contributed by atoms with Crippen molar-refractivity contribution in [1.29, 1.82) is 0 Å². The SMILES string of the molecule is CC[C@H](C)N1C(=O)[C@H](C=NCCCO)C(=O)NC1=S. The molecule has 0 radical (unpaired) electrons. The van der Waals surface area contributed by atoms with Gasteiger partial charge < -0.3 is 10.4 Å². The normalized spacial score (nSPS) is 21.9. The molecule has 1 saturated heterocycles. The predicted octanol–water partition coefficient (Wildman–Crippen LogP) is 0.0976. The van der Waals surface area contributed by atoms with Crippen molar-refractivity contribution in [2.24, 2.45) is 10.9 Å². The van der Waals surface area contributed by atoms with Gasteiger partial charge in [0, 0.05) is 25.4 Å². The largest absolute Gasteiger partial charge is 0.396 e. The summed E-state index contributed by atoms with van der Waals surface area (Å²) < 4.78 is 0. The zero-order valence-electron chi connectivity index (χ0n) is 11.1. The molecule has 0 saturated carbocycles. The number of carbonyl (C=O) groups is 2. The Labute approximate surface area is 117 Å². The van der Waals surface area contributed by atoms with Gasteiger partial charge >= 0.3 is 0 Å². The van der Waals surface area contributed by atoms with E-state index >= 15 is 0 Å². The van der Waals surface area contributed by atoms with Gasteiger partial charge in [-0.05, 0) is 32.0 Å². The zero-order valence-corrected chi connectivity index (χ0v) is 11.9. The number of thiocarbonyl (C=S) groups is 1. The van der Waals surface area contributed by atoms with E-state index in [4.69, 9.17) is 17.3 Å². The number of aliphatic hydroxyl groups is 1. The van der Waals surface area contributed by atoms with E-state index in [1.165, 1.54) is 11.1 Å². The molecule has 2 atom stereocenters. The lowest BCUT2D eigenvalue weighted by Crippen LogP contribution is -2.60. The molecule has 0 bridgehead atoms. The number of carbonyl (C=O) groups excluding carboxylic acids is 2. The van der Waals surface area contributed by atoms with Gasteiger partial charge in [0.1, 0.15) is 0 Å². The molecule has 106 valence electrons. The second-order valence-corrected chi connectivity index (χ2v) is 4.76. The van der Waals surface area contributed by atoms with Crippen molar-refractivity contribution >= 4 is 35.4 Å². The molecule has 6 nitrogen and oxygen atoms in total. The summed E-state index contributed by atoms with van der Waals surface area (Å²) in [6.45, 7) is 4.25. The first-order valence-corrected chi connectivity index (χ1v) is 6.72. The second kappa shape index (κ2) is 7.30. The summed E-state index contributed by atoms with van der Waals surface area (Å²) in [6, 6.07) is -0.0612. The van der Waals surface area contributed by atoms with Crippen LogP contribution in [0.4, 0.5) is 0 Å². The molecular formula is C12H19N3O3S. The van der Waals surface area contributed by atoms with Gasteiger partial charge in [-0.1, -0.05) is 6.92 Å². The Balaban J connectivity index is 2.80. The molecule has 0 aromatic rings. The van der Waals surface area contributed by atoms with Crippen LogP contribution in [0.1, 0.15) is 26.7 Å².